The third kappa shape index (κ3) is 6.34. The van der Waals surface area contributed by atoms with Crippen LogP contribution in [0, 0.1) is 12.8 Å². The van der Waals surface area contributed by atoms with Crippen molar-refractivity contribution in [3.05, 3.63) is 64.7 Å². The highest BCUT2D eigenvalue weighted by Gasteiger charge is 2.32. The van der Waals surface area contributed by atoms with E-state index in [1.165, 1.54) is 76.0 Å². The lowest BCUT2D eigenvalue weighted by Gasteiger charge is -2.29. The lowest BCUT2D eigenvalue weighted by Crippen LogP contribution is -2.15. The van der Waals surface area contributed by atoms with Crippen LogP contribution >= 0.6 is 0 Å². The number of amides is 1. The minimum atomic E-state index is -4.44. The molecule has 3 rings (SSSR count). The molecule has 1 aliphatic carbocycles. The molecule has 0 saturated heterocycles. The first-order valence-corrected chi connectivity index (χ1v) is 11.4. The molecule has 168 valence electrons. The summed E-state index contributed by atoms with van der Waals surface area (Å²) in [4.78, 5) is 12.5. The maximum Gasteiger partial charge on any atom is 0.416 e. The van der Waals surface area contributed by atoms with Crippen LogP contribution in [0.3, 0.4) is 0 Å². The zero-order chi connectivity index (χ0) is 22.4. The van der Waals surface area contributed by atoms with Crippen LogP contribution < -0.4 is 5.32 Å². The SMILES string of the molecule is CCCCCC1CCC(c2ccc(C(=O)Nc3ccc(C)c(C(F)(F)F)c3)cc2)CC1. The first-order chi connectivity index (χ1) is 14.8. The Kier molecular flexibility index (Phi) is 7.79. The molecule has 0 spiro atoms. The molecule has 0 aliphatic heterocycles. The Balaban J connectivity index is 1.58. The van der Waals surface area contributed by atoms with Gasteiger partial charge in [-0.25, -0.2) is 0 Å². The van der Waals surface area contributed by atoms with Gasteiger partial charge in [-0.1, -0.05) is 50.8 Å². The molecule has 2 aromatic rings. The van der Waals surface area contributed by atoms with Crippen molar-refractivity contribution in [2.75, 3.05) is 5.32 Å². The monoisotopic (exact) mass is 431 g/mol. The van der Waals surface area contributed by atoms with Crippen LogP contribution in [-0.4, -0.2) is 5.91 Å². The summed E-state index contributed by atoms with van der Waals surface area (Å²) < 4.78 is 39.3. The lowest BCUT2D eigenvalue weighted by molar-refractivity contribution is -0.138. The minimum Gasteiger partial charge on any atom is -0.322 e. The Morgan fingerprint density at radius 1 is 1.00 bits per heavy atom. The second-order valence-electron chi connectivity index (χ2n) is 8.82. The highest BCUT2D eigenvalue weighted by Crippen LogP contribution is 2.38. The number of carbonyl (C=O) groups excluding carboxylic acids is 1. The van der Waals surface area contributed by atoms with Crippen molar-refractivity contribution in [3.63, 3.8) is 0 Å². The van der Waals surface area contributed by atoms with Crippen LogP contribution in [0.1, 0.15) is 91.3 Å². The molecule has 1 N–H and O–H groups in total. The van der Waals surface area contributed by atoms with Gasteiger partial charge in [0.1, 0.15) is 0 Å². The average Bonchev–Trinajstić information content (AvgIpc) is 2.75. The number of anilines is 1. The molecule has 1 fully saturated rings. The summed E-state index contributed by atoms with van der Waals surface area (Å²) in [5, 5.41) is 2.59. The summed E-state index contributed by atoms with van der Waals surface area (Å²) in [5.41, 5.74) is 1.25. The van der Waals surface area contributed by atoms with Gasteiger partial charge < -0.3 is 5.32 Å². The van der Waals surface area contributed by atoms with Gasteiger partial charge >= 0.3 is 6.18 Å². The van der Waals surface area contributed by atoms with Crippen LogP contribution in [0.5, 0.6) is 0 Å². The number of unbranched alkanes of at least 4 members (excludes halogenated alkanes) is 2. The summed E-state index contributed by atoms with van der Waals surface area (Å²) in [7, 11) is 0. The number of nitrogens with one attached hydrogen (secondary N) is 1. The van der Waals surface area contributed by atoms with E-state index in [0.29, 0.717) is 11.5 Å². The van der Waals surface area contributed by atoms with Crippen molar-refractivity contribution in [1.82, 2.24) is 0 Å². The van der Waals surface area contributed by atoms with Gasteiger partial charge in [-0.15, -0.1) is 0 Å². The summed E-state index contributed by atoms with van der Waals surface area (Å²) in [6.07, 6.45) is 5.73. The third-order valence-electron chi connectivity index (χ3n) is 6.51. The van der Waals surface area contributed by atoms with E-state index in [1.54, 1.807) is 12.1 Å². The zero-order valence-corrected chi connectivity index (χ0v) is 18.4. The summed E-state index contributed by atoms with van der Waals surface area (Å²) in [6, 6.07) is 11.4. The van der Waals surface area contributed by atoms with Gasteiger partial charge in [0.25, 0.3) is 5.91 Å². The molecule has 0 unspecified atom stereocenters. The van der Waals surface area contributed by atoms with E-state index in [1.807, 2.05) is 12.1 Å². The third-order valence-corrected chi connectivity index (χ3v) is 6.51. The van der Waals surface area contributed by atoms with Gasteiger partial charge in [0.15, 0.2) is 0 Å². The van der Waals surface area contributed by atoms with E-state index in [2.05, 4.69) is 12.2 Å². The van der Waals surface area contributed by atoms with Crippen LogP contribution in [0.25, 0.3) is 0 Å². The second-order valence-corrected chi connectivity index (χ2v) is 8.82. The largest absolute Gasteiger partial charge is 0.416 e. The van der Waals surface area contributed by atoms with Gasteiger partial charge in [-0.2, -0.15) is 13.2 Å². The Morgan fingerprint density at radius 2 is 1.68 bits per heavy atom. The predicted octanol–water partition coefficient (Wildman–Crippen LogP) is 8.12. The quantitative estimate of drug-likeness (QED) is 0.441. The van der Waals surface area contributed by atoms with Gasteiger partial charge in [0.2, 0.25) is 0 Å². The van der Waals surface area contributed by atoms with Crippen molar-refractivity contribution in [2.24, 2.45) is 5.92 Å². The number of aryl methyl sites for hydroxylation is 1. The van der Waals surface area contributed by atoms with Gasteiger partial charge in [-0.05, 0) is 79.8 Å². The summed E-state index contributed by atoms with van der Waals surface area (Å²) in [5.74, 6) is 0.984. The molecule has 0 radical (unpaired) electrons. The molecular weight excluding hydrogens is 399 g/mol. The van der Waals surface area contributed by atoms with E-state index in [0.717, 1.165) is 12.0 Å². The number of carbonyl (C=O) groups is 1. The average molecular weight is 432 g/mol. The lowest BCUT2D eigenvalue weighted by atomic mass is 9.77. The summed E-state index contributed by atoms with van der Waals surface area (Å²) in [6.45, 7) is 3.65. The zero-order valence-electron chi connectivity index (χ0n) is 18.4. The maximum absolute atomic E-state index is 13.1. The molecule has 31 heavy (non-hydrogen) atoms. The highest BCUT2D eigenvalue weighted by molar-refractivity contribution is 6.04. The van der Waals surface area contributed by atoms with E-state index in [-0.39, 0.29) is 11.3 Å². The molecule has 2 aromatic carbocycles. The number of hydrogen-bond donors (Lipinski definition) is 1. The highest BCUT2D eigenvalue weighted by atomic mass is 19.4. The van der Waals surface area contributed by atoms with E-state index >= 15 is 0 Å². The van der Waals surface area contributed by atoms with Crippen LogP contribution in [-0.2, 0) is 6.18 Å². The fourth-order valence-corrected chi connectivity index (χ4v) is 4.58. The number of hydrogen-bond acceptors (Lipinski definition) is 1. The molecule has 0 heterocycles. The van der Waals surface area contributed by atoms with Crippen LogP contribution in [0.15, 0.2) is 42.5 Å². The molecule has 0 aromatic heterocycles. The topological polar surface area (TPSA) is 29.1 Å². The van der Waals surface area contributed by atoms with Crippen molar-refractivity contribution in [2.45, 2.75) is 77.3 Å². The van der Waals surface area contributed by atoms with Crippen molar-refractivity contribution in [1.29, 1.82) is 0 Å². The van der Waals surface area contributed by atoms with Gasteiger partial charge in [0.05, 0.1) is 5.56 Å². The number of halogens is 3. The van der Waals surface area contributed by atoms with Crippen molar-refractivity contribution >= 4 is 11.6 Å². The maximum atomic E-state index is 13.1. The molecular formula is C26H32F3NO. The van der Waals surface area contributed by atoms with Crippen molar-refractivity contribution in [3.8, 4) is 0 Å². The van der Waals surface area contributed by atoms with E-state index in [4.69, 9.17) is 0 Å². The second kappa shape index (κ2) is 10.3. The summed E-state index contributed by atoms with van der Waals surface area (Å²) >= 11 is 0. The first-order valence-electron chi connectivity index (χ1n) is 11.4. The molecule has 1 amide bonds. The fourth-order valence-electron chi connectivity index (χ4n) is 4.58. The van der Waals surface area contributed by atoms with Gasteiger partial charge in [-0.3, -0.25) is 4.79 Å². The Labute approximate surface area is 183 Å². The molecule has 5 heteroatoms. The molecule has 1 aliphatic rings. The standard InChI is InChI=1S/C26H32F3NO/c1-3-4-5-6-19-8-10-20(11-9-19)21-12-14-22(15-13-21)25(31)30-23-16-7-18(2)24(17-23)26(27,28)29/h7,12-17,19-20H,3-6,8-11H2,1-2H3,(H,30,31). The van der Waals surface area contributed by atoms with Gasteiger partial charge in [0, 0.05) is 11.3 Å². The number of benzene rings is 2. The Bertz CT molecular complexity index is 865. The first kappa shape index (κ1) is 23.4. The Hall–Kier alpha value is -2.30. The molecule has 0 atom stereocenters. The fraction of sp³-hybridized carbons (Fsp3) is 0.500. The Morgan fingerprint density at radius 3 is 2.29 bits per heavy atom. The van der Waals surface area contributed by atoms with Crippen LogP contribution in [0.4, 0.5) is 18.9 Å². The molecule has 1 saturated carbocycles. The molecule has 0 bridgehead atoms. The predicted molar refractivity (Wildman–Crippen MR) is 119 cm³/mol. The number of rotatable bonds is 7. The normalized spacial score (nSPS) is 19.3. The van der Waals surface area contributed by atoms with E-state index < -0.39 is 17.6 Å². The van der Waals surface area contributed by atoms with E-state index in [9.17, 15) is 18.0 Å². The van der Waals surface area contributed by atoms with Crippen LogP contribution in [0.2, 0.25) is 0 Å². The minimum absolute atomic E-state index is 0.134. The smallest absolute Gasteiger partial charge is 0.322 e. The van der Waals surface area contributed by atoms with Crippen molar-refractivity contribution < 1.29 is 18.0 Å². The number of alkyl halides is 3. The molecule has 2 nitrogen and oxygen atoms in total.